The van der Waals surface area contributed by atoms with Crippen LogP contribution in [0.3, 0.4) is 0 Å². The molecular formula is C2H9N5OS. The van der Waals surface area contributed by atoms with Gasteiger partial charge in [0, 0.05) is 0 Å². The highest BCUT2D eigenvalue weighted by molar-refractivity contribution is 7.80. The van der Waals surface area contributed by atoms with Crippen molar-refractivity contribution in [2.45, 2.75) is 0 Å². The van der Waals surface area contributed by atoms with Gasteiger partial charge in [0.2, 0.25) is 5.96 Å². The van der Waals surface area contributed by atoms with Crippen LogP contribution in [0.1, 0.15) is 0 Å². The van der Waals surface area contributed by atoms with Crippen molar-refractivity contribution >= 4 is 23.3 Å². The van der Waals surface area contributed by atoms with Crippen LogP contribution in [0.25, 0.3) is 0 Å². The van der Waals surface area contributed by atoms with E-state index in [-0.39, 0.29) is 16.5 Å². The van der Waals surface area contributed by atoms with Gasteiger partial charge in [-0.1, -0.05) is 0 Å². The van der Waals surface area contributed by atoms with Crippen molar-refractivity contribution in [3.05, 3.63) is 0 Å². The Morgan fingerprint density at radius 2 is 1.78 bits per heavy atom. The molecule has 9 N–H and O–H groups in total. The van der Waals surface area contributed by atoms with Gasteiger partial charge in [0.15, 0.2) is 5.11 Å². The molecule has 0 radical (unpaired) electrons. The molecule has 0 fully saturated rings. The van der Waals surface area contributed by atoms with Crippen molar-refractivity contribution in [2.75, 3.05) is 0 Å². The molecule has 0 atom stereocenters. The summed E-state index contributed by atoms with van der Waals surface area (Å²) in [4.78, 5) is 0. The molecule has 0 aromatic carbocycles. The highest BCUT2D eigenvalue weighted by atomic mass is 32.1. The monoisotopic (exact) mass is 151 g/mol. The van der Waals surface area contributed by atoms with Crippen LogP contribution in [0.5, 0.6) is 0 Å². The topological polar surface area (TPSA) is 134 Å². The molecule has 0 aliphatic carbocycles. The first-order valence-electron chi connectivity index (χ1n) is 1.77. The smallest absolute Gasteiger partial charge is 0.208 e. The third-order valence-electron chi connectivity index (χ3n) is 0.295. The zero-order valence-electron chi connectivity index (χ0n) is 4.59. The minimum Gasteiger partial charge on any atom is -0.412 e. The Balaban J connectivity index is 0. The zero-order chi connectivity index (χ0) is 6.57. The molecule has 0 aromatic rings. The van der Waals surface area contributed by atoms with Crippen LogP contribution in [0.2, 0.25) is 0 Å². The molecule has 54 valence electrons. The summed E-state index contributed by atoms with van der Waals surface area (Å²) in [5.41, 5.74) is 16.9. The van der Waals surface area contributed by atoms with Gasteiger partial charge in [0.05, 0.1) is 0 Å². The van der Waals surface area contributed by atoms with Crippen molar-refractivity contribution in [3.8, 4) is 0 Å². The predicted octanol–water partition coefficient (Wildman–Crippen LogP) is -2.82. The summed E-state index contributed by atoms with van der Waals surface area (Å²) in [6, 6.07) is 0. The van der Waals surface area contributed by atoms with Gasteiger partial charge in [0.25, 0.3) is 0 Å². The van der Waals surface area contributed by atoms with E-state index in [0.29, 0.717) is 0 Å². The van der Waals surface area contributed by atoms with Gasteiger partial charge in [-0.15, -0.1) is 5.10 Å². The first-order valence-corrected chi connectivity index (χ1v) is 2.18. The normalized spacial score (nSPS) is 6.67. The second-order valence-corrected chi connectivity index (χ2v) is 1.45. The Morgan fingerprint density at radius 3 is 1.89 bits per heavy atom. The lowest BCUT2D eigenvalue weighted by atomic mass is 11.1. The van der Waals surface area contributed by atoms with E-state index in [2.05, 4.69) is 22.7 Å². The Hall–Kier alpha value is -1.08. The lowest BCUT2D eigenvalue weighted by Gasteiger charge is -1.92. The van der Waals surface area contributed by atoms with Gasteiger partial charge in [-0.3, -0.25) is 5.43 Å². The largest absolute Gasteiger partial charge is 0.412 e. The average molecular weight is 151 g/mol. The predicted molar refractivity (Wildman–Crippen MR) is 39.3 cm³/mol. The number of hydrogen-bond acceptors (Lipinski definition) is 2. The summed E-state index contributed by atoms with van der Waals surface area (Å²) < 4.78 is 0. The van der Waals surface area contributed by atoms with Crippen LogP contribution in [0, 0.1) is 0 Å². The average Bonchev–Trinajstić information content (AvgIpc) is 1.61. The summed E-state index contributed by atoms with van der Waals surface area (Å²) in [7, 11) is 0. The highest BCUT2D eigenvalue weighted by Crippen LogP contribution is 1.55. The summed E-state index contributed by atoms with van der Waals surface area (Å²) in [5, 5.41) is 3.32. The number of thiocarbonyl (C=S) groups is 1. The summed E-state index contributed by atoms with van der Waals surface area (Å²) in [5.74, 6) is -0.0993. The van der Waals surface area contributed by atoms with Gasteiger partial charge in [-0.05, 0) is 12.2 Å². The molecule has 0 aromatic heterocycles. The van der Waals surface area contributed by atoms with Crippen molar-refractivity contribution in [2.24, 2.45) is 22.3 Å². The van der Waals surface area contributed by atoms with Gasteiger partial charge in [-0.25, -0.2) is 0 Å². The fourth-order valence-electron chi connectivity index (χ4n) is 0.120. The van der Waals surface area contributed by atoms with Crippen LogP contribution >= 0.6 is 12.2 Å². The number of guanidine groups is 1. The van der Waals surface area contributed by atoms with Crippen LogP contribution in [-0.4, -0.2) is 16.5 Å². The second kappa shape index (κ2) is 5.06. The van der Waals surface area contributed by atoms with E-state index >= 15 is 0 Å². The lowest BCUT2D eigenvalue weighted by Crippen LogP contribution is -2.31. The number of hydrazone groups is 1. The summed E-state index contributed by atoms with van der Waals surface area (Å²) in [6.07, 6.45) is 0. The molecule has 0 amide bonds. The molecule has 0 spiro atoms. The fraction of sp³-hybridized carbons (Fsp3) is 0. The molecule has 0 aliphatic heterocycles. The van der Waals surface area contributed by atoms with Crippen molar-refractivity contribution < 1.29 is 5.48 Å². The van der Waals surface area contributed by atoms with E-state index in [1.165, 1.54) is 0 Å². The lowest BCUT2D eigenvalue weighted by molar-refractivity contribution is 0.824. The number of nitrogens with zero attached hydrogens (tertiary/aromatic N) is 1. The molecule has 0 aliphatic rings. The van der Waals surface area contributed by atoms with Crippen LogP contribution < -0.4 is 22.6 Å². The first kappa shape index (κ1) is 10.8. The molecule has 9 heavy (non-hydrogen) atoms. The molecule has 0 heterocycles. The molecule has 0 unspecified atom stereocenters. The molecule has 0 saturated carbocycles. The quantitative estimate of drug-likeness (QED) is 0.139. The Labute approximate surface area is 57.4 Å². The van der Waals surface area contributed by atoms with E-state index in [4.69, 9.17) is 17.2 Å². The van der Waals surface area contributed by atoms with Crippen molar-refractivity contribution in [1.82, 2.24) is 5.43 Å². The standard InChI is InChI=1S/C2H7N5S.H2O/c3-1(4)6-7-2(5)8;/h(H4,3,4,6)(H3,5,7,8);1H2. The van der Waals surface area contributed by atoms with Crippen LogP contribution in [0.15, 0.2) is 5.10 Å². The number of nitrogens with two attached hydrogens (primary N) is 3. The molecular weight excluding hydrogens is 142 g/mol. The van der Waals surface area contributed by atoms with Crippen LogP contribution in [-0.2, 0) is 0 Å². The Kier molecular flexibility index (Phi) is 6.09. The third kappa shape index (κ3) is 10.9. The SMILES string of the molecule is NC(=S)NN=C(N)N.O. The highest BCUT2D eigenvalue weighted by Gasteiger charge is 1.79. The Bertz CT molecular complexity index is 118. The maximum atomic E-state index is 4.94. The van der Waals surface area contributed by atoms with E-state index in [1.54, 1.807) is 0 Å². The van der Waals surface area contributed by atoms with Gasteiger partial charge >= 0.3 is 0 Å². The van der Waals surface area contributed by atoms with E-state index in [0.717, 1.165) is 0 Å². The number of rotatable bonds is 1. The van der Waals surface area contributed by atoms with E-state index in [1.807, 2.05) is 0 Å². The summed E-state index contributed by atoms with van der Waals surface area (Å²) in [6.45, 7) is 0. The number of hydrogen-bond donors (Lipinski definition) is 4. The minimum atomic E-state index is -0.0993. The fourth-order valence-corrected chi connectivity index (χ4v) is 0.165. The number of nitrogens with one attached hydrogen (secondary N) is 1. The molecule has 0 saturated heterocycles. The molecule has 7 heteroatoms. The first-order chi connectivity index (χ1) is 3.63. The minimum absolute atomic E-state index is 0. The van der Waals surface area contributed by atoms with Crippen molar-refractivity contribution in [3.63, 3.8) is 0 Å². The molecule has 0 bridgehead atoms. The second-order valence-electron chi connectivity index (χ2n) is 1.01. The molecule has 0 rings (SSSR count). The maximum Gasteiger partial charge on any atom is 0.208 e. The molecule has 6 nitrogen and oxygen atoms in total. The third-order valence-corrected chi connectivity index (χ3v) is 0.386. The van der Waals surface area contributed by atoms with Crippen LogP contribution in [0.4, 0.5) is 0 Å². The summed E-state index contributed by atoms with van der Waals surface area (Å²) >= 11 is 4.36. The zero-order valence-corrected chi connectivity index (χ0v) is 5.40. The van der Waals surface area contributed by atoms with E-state index in [9.17, 15) is 0 Å². The van der Waals surface area contributed by atoms with Gasteiger partial charge in [-0.2, -0.15) is 0 Å². The maximum absolute atomic E-state index is 4.94. The van der Waals surface area contributed by atoms with Gasteiger partial charge in [0.1, 0.15) is 0 Å². The van der Waals surface area contributed by atoms with Gasteiger partial charge < -0.3 is 22.7 Å². The van der Waals surface area contributed by atoms with E-state index < -0.39 is 0 Å². The Morgan fingerprint density at radius 1 is 1.33 bits per heavy atom. The van der Waals surface area contributed by atoms with Crippen molar-refractivity contribution in [1.29, 1.82) is 0 Å².